The molecule has 0 bridgehead atoms. The summed E-state index contributed by atoms with van der Waals surface area (Å²) >= 11 is 0. The Kier molecular flexibility index (Phi) is 5.25. The molecule has 20 heavy (non-hydrogen) atoms. The predicted octanol–water partition coefficient (Wildman–Crippen LogP) is 2.62. The van der Waals surface area contributed by atoms with E-state index in [1.165, 1.54) is 12.1 Å². The minimum atomic E-state index is -1.07. The summed E-state index contributed by atoms with van der Waals surface area (Å²) in [6, 6.07) is 6.54. The fourth-order valence-electron chi connectivity index (χ4n) is 2.56. The minimum Gasteiger partial charge on any atom is -0.314 e. The van der Waals surface area contributed by atoms with E-state index in [1.54, 1.807) is 12.1 Å². The van der Waals surface area contributed by atoms with Crippen LogP contribution in [0.2, 0.25) is 0 Å². The Labute approximate surface area is 121 Å². The van der Waals surface area contributed by atoms with E-state index in [0.29, 0.717) is 10.9 Å². The van der Waals surface area contributed by atoms with Crippen molar-refractivity contribution in [3.8, 4) is 0 Å². The van der Waals surface area contributed by atoms with Gasteiger partial charge in [-0.05, 0) is 44.4 Å². The summed E-state index contributed by atoms with van der Waals surface area (Å²) in [5, 5.41) is 14.2. The van der Waals surface area contributed by atoms with E-state index in [4.69, 9.17) is 0 Å². The Bertz CT molecular complexity index is 490. The third-order valence-corrected chi connectivity index (χ3v) is 5.42. The van der Waals surface area contributed by atoms with Crippen LogP contribution in [0.3, 0.4) is 0 Å². The Morgan fingerprint density at radius 1 is 1.35 bits per heavy atom. The zero-order chi connectivity index (χ0) is 14.5. The molecule has 0 saturated heterocycles. The van der Waals surface area contributed by atoms with E-state index in [0.717, 1.165) is 32.2 Å². The maximum absolute atomic E-state index is 12.5. The molecule has 1 N–H and O–H groups in total. The van der Waals surface area contributed by atoms with Gasteiger partial charge < -0.3 is 5.32 Å². The molecule has 1 aromatic rings. The first-order valence-electron chi connectivity index (χ1n) is 7.00. The third-order valence-electron chi connectivity index (χ3n) is 3.65. The summed E-state index contributed by atoms with van der Waals surface area (Å²) in [7, 11) is -1.07. The third kappa shape index (κ3) is 3.64. The molecular formula is C14H20N2O3S. The molecule has 2 rings (SSSR count). The molecule has 1 aliphatic carbocycles. The number of nitrogens with one attached hydrogen (secondary N) is 1. The van der Waals surface area contributed by atoms with Crippen LogP contribution in [0.5, 0.6) is 0 Å². The number of nitro benzene ring substituents is 1. The number of hydrogen-bond acceptors (Lipinski definition) is 4. The molecule has 0 amide bonds. The van der Waals surface area contributed by atoms with Crippen molar-refractivity contribution in [2.24, 2.45) is 0 Å². The molecule has 1 fully saturated rings. The number of non-ortho nitro benzene ring substituents is 1. The smallest absolute Gasteiger partial charge is 0.269 e. The first kappa shape index (κ1) is 15.1. The van der Waals surface area contributed by atoms with Crippen LogP contribution in [0.4, 0.5) is 5.69 Å². The molecular weight excluding hydrogens is 276 g/mol. The molecule has 5 nitrogen and oxygen atoms in total. The Morgan fingerprint density at radius 3 is 2.65 bits per heavy atom. The van der Waals surface area contributed by atoms with E-state index in [-0.39, 0.29) is 10.9 Å². The van der Waals surface area contributed by atoms with Gasteiger partial charge >= 0.3 is 0 Å². The average molecular weight is 296 g/mol. The number of benzene rings is 1. The van der Waals surface area contributed by atoms with Crippen LogP contribution in [0, 0.1) is 10.1 Å². The Morgan fingerprint density at radius 2 is 2.05 bits per heavy atom. The maximum atomic E-state index is 12.5. The largest absolute Gasteiger partial charge is 0.314 e. The molecule has 1 saturated carbocycles. The molecule has 1 aromatic carbocycles. The first-order chi connectivity index (χ1) is 9.61. The van der Waals surface area contributed by atoms with E-state index in [2.05, 4.69) is 12.2 Å². The van der Waals surface area contributed by atoms with E-state index in [9.17, 15) is 14.3 Å². The van der Waals surface area contributed by atoms with Crippen LogP contribution in [0.25, 0.3) is 0 Å². The summed E-state index contributed by atoms with van der Waals surface area (Å²) < 4.78 is 12.5. The van der Waals surface area contributed by atoms with Gasteiger partial charge in [-0.3, -0.25) is 14.3 Å². The molecule has 0 heterocycles. The zero-order valence-electron chi connectivity index (χ0n) is 11.6. The van der Waals surface area contributed by atoms with Gasteiger partial charge in [0.25, 0.3) is 5.69 Å². The van der Waals surface area contributed by atoms with Gasteiger partial charge in [0.05, 0.1) is 15.7 Å². The highest BCUT2D eigenvalue weighted by molar-refractivity contribution is 7.85. The molecule has 0 radical (unpaired) electrons. The van der Waals surface area contributed by atoms with Crippen LogP contribution in [0.1, 0.15) is 32.6 Å². The molecule has 3 unspecified atom stereocenters. The summed E-state index contributed by atoms with van der Waals surface area (Å²) in [4.78, 5) is 10.9. The van der Waals surface area contributed by atoms with Gasteiger partial charge in [-0.25, -0.2) is 0 Å². The van der Waals surface area contributed by atoms with Gasteiger partial charge in [0.15, 0.2) is 0 Å². The highest BCUT2D eigenvalue weighted by Gasteiger charge is 2.29. The standard InChI is InChI=1S/C14H20N2O3S/c1-2-9-15-11-3-6-14(10-11)20(19)13-7-4-12(5-8-13)16(17)18/h4-5,7-8,11,14-15H,2-3,6,9-10H2,1H3. The van der Waals surface area contributed by atoms with Gasteiger partial charge in [-0.2, -0.15) is 0 Å². The molecule has 3 atom stereocenters. The van der Waals surface area contributed by atoms with Crippen LogP contribution in [-0.2, 0) is 10.8 Å². The van der Waals surface area contributed by atoms with Crippen molar-refractivity contribution in [2.45, 2.75) is 48.8 Å². The summed E-state index contributed by atoms with van der Waals surface area (Å²) in [6.45, 7) is 3.13. The summed E-state index contributed by atoms with van der Waals surface area (Å²) in [5.74, 6) is 0. The van der Waals surface area contributed by atoms with Crippen molar-refractivity contribution in [1.29, 1.82) is 0 Å². The second-order valence-electron chi connectivity index (χ2n) is 5.13. The van der Waals surface area contributed by atoms with Crippen molar-refractivity contribution in [2.75, 3.05) is 6.54 Å². The lowest BCUT2D eigenvalue weighted by atomic mass is 10.2. The number of rotatable bonds is 6. The van der Waals surface area contributed by atoms with Crippen molar-refractivity contribution in [3.63, 3.8) is 0 Å². The van der Waals surface area contributed by atoms with E-state index < -0.39 is 15.7 Å². The highest BCUT2D eigenvalue weighted by Crippen LogP contribution is 2.28. The average Bonchev–Trinajstić information content (AvgIpc) is 2.93. The van der Waals surface area contributed by atoms with Crippen LogP contribution in [0.15, 0.2) is 29.2 Å². The van der Waals surface area contributed by atoms with Crippen molar-refractivity contribution < 1.29 is 9.13 Å². The van der Waals surface area contributed by atoms with Crippen molar-refractivity contribution in [1.82, 2.24) is 5.32 Å². The minimum absolute atomic E-state index is 0.0414. The highest BCUT2D eigenvalue weighted by atomic mass is 32.2. The van der Waals surface area contributed by atoms with Crippen LogP contribution in [-0.4, -0.2) is 27.0 Å². The SMILES string of the molecule is CCCNC1CCC(S(=O)c2ccc([N+](=O)[O-])cc2)C1. The normalized spacial score (nSPS) is 23.6. The predicted molar refractivity (Wildman–Crippen MR) is 79.2 cm³/mol. The fraction of sp³-hybridized carbons (Fsp3) is 0.571. The lowest BCUT2D eigenvalue weighted by Crippen LogP contribution is -2.28. The Hall–Kier alpha value is -1.27. The molecule has 0 spiro atoms. The summed E-state index contributed by atoms with van der Waals surface area (Å²) in [5.41, 5.74) is 0.0414. The van der Waals surface area contributed by atoms with E-state index >= 15 is 0 Å². The molecule has 0 aliphatic heterocycles. The number of nitrogens with zero attached hydrogens (tertiary/aromatic N) is 1. The van der Waals surface area contributed by atoms with Crippen molar-refractivity contribution >= 4 is 16.5 Å². The van der Waals surface area contributed by atoms with Crippen LogP contribution < -0.4 is 5.32 Å². The van der Waals surface area contributed by atoms with Gasteiger partial charge in [-0.1, -0.05) is 6.92 Å². The van der Waals surface area contributed by atoms with Gasteiger partial charge in [-0.15, -0.1) is 0 Å². The second kappa shape index (κ2) is 6.95. The number of nitro groups is 1. The zero-order valence-corrected chi connectivity index (χ0v) is 12.4. The maximum Gasteiger partial charge on any atom is 0.269 e. The Balaban J connectivity index is 1.96. The molecule has 1 aliphatic rings. The monoisotopic (exact) mass is 296 g/mol. The molecule has 0 aromatic heterocycles. The van der Waals surface area contributed by atoms with Gasteiger partial charge in [0, 0.05) is 28.3 Å². The number of hydrogen-bond donors (Lipinski definition) is 1. The summed E-state index contributed by atoms with van der Waals surface area (Å²) in [6.07, 6.45) is 4.03. The van der Waals surface area contributed by atoms with Gasteiger partial charge in [0.2, 0.25) is 0 Å². The lowest BCUT2D eigenvalue weighted by molar-refractivity contribution is -0.384. The molecule has 6 heteroatoms. The van der Waals surface area contributed by atoms with Crippen molar-refractivity contribution in [3.05, 3.63) is 34.4 Å². The first-order valence-corrected chi connectivity index (χ1v) is 8.21. The van der Waals surface area contributed by atoms with Crippen LogP contribution >= 0.6 is 0 Å². The topological polar surface area (TPSA) is 72.2 Å². The van der Waals surface area contributed by atoms with E-state index in [1.807, 2.05) is 0 Å². The van der Waals surface area contributed by atoms with Gasteiger partial charge in [0.1, 0.15) is 0 Å². The second-order valence-corrected chi connectivity index (χ2v) is 6.87. The molecule has 110 valence electrons. The quantitative estimate of drug-likeness (QED) is 0.647. The fourth-order valence-corrected chi connectivity index (χ4v) is 4.11. The lowest BCUT2D eigenvalue weighted by Gasteiger charge is -2.12.